The SMILES string of the molecule is C/C(C#N)=C(/C#N)N=C1C(=N)c2nc(C#N)c(C#N)nc2-c2nc(C#N)c(C#N)nc21. The number of nitrogens with zero attached hydrogens (tertiary/aromatic N) is 11. The molecule has 12 nitrogen and oxygen atoms in total. The predicted molar refractivity (Wildman–Crippen MR) is 99.2 cm³/mol. The van der Waals surface area contributed by atoms with Gasteiger partial charge in [0.1, 0.15) is 64.5 Å². The smallest absolute Gasteiger partial charge is 0.177 e. The zero-order chi connectivity index (χ0) is 22.7. The molecular formula is C19H4N12. The van der Waals surface area contributed by atoms with Crippen molar-refractivity contribution in [3.05, 3.63) is 45.4 Å². The first-order chi connectivity index (χ1) is 14.9. The van der Waals surface area contributed by atoms with E-state index in [-0.39, 0.29) is 62.5 Å². The molecule has 0 fully saturated rings. The Hall–Kier alpha value is -5.82. The summed E-state index contributed by atoms with van der Waals surface area (Å²) in [6, 6.07) is 10.4. The van der Waals surface area contributed by atoms with Gasteiger partial charge in [-0.1, -0.05) is 0 Å². The summed E-state index contributed by atoms with van der Waals surface area (Å²) in [5.41, 5.74) is -2.97. The van der Waals surface area contributed by atoms with Crippen LogP contribution in [0.1, 0.15) is 41.1 Å². The largest absolute Gasteiger partial charge is 0.296 e. The molecule has 0 aliphatic heterocycles. The molecule has 0 amide bonds. The summed E-state index contributed by atoms with van der Waals surface area (Å²) >= 11 is 0. The molecule has 0 bridgehead atoms. The summed E-state index contributed by atoms with van der Waals surface area (Å²) in [5.74, 6) is 0. The monoisotopic (exact) mass is 400 g/mol. The molecule has 1 aliphatic carbocycles. The van der Waals surface area contributed by atoms with E-state index >= 15 is 0 Å². The first-order valence-corrected chi connectivity index (χ1v) is 8.08. The van der Waals surface area contributed by atoms with Crippen LogP contribution in [-0.4, -0.2) is 31.4 Å². The number of aromatic nitrogens is 4. The maximum absolute atomic E-state index is 9.35. The molecule has 2 aromatic rings. The zero-order valence-electron chi connectivity index (χ0n) is 15.4. The second-order valence-electron chi connectivity index (χ2n) is 5.72. The predicted octanol–water partition coefficient (Wildman–Crippen LogP) is 0.912. The van der Waals surface area contributed by atoms with Crippen molar-refractivity contribution in [2.24, 2.45) is 4.99 Å². The average Bonchev–Trinajstić information content (AvgIpc) is 2.81. The highest BCUT2D eigenvalue weighted by Gasteiger charge is 2.34. The minimum absolute atomic E-state index is 0.0408. The molecule has 0 aromatic carbocycles. The highest BCUT2D eigenvalue weighted by molar-refractivity contribution is 6.55. The van der Waals surface area contributed by atoms with Crippen molar-refractivity contribution in [2.45, 2.75) is 6.92 Å². The van der Waals surface area contributed by atoms with E-state index in [0.29, 0.717) is 0 Å². The molecule has 0 unspecified atom stereocenters. The van der Waals surface area contributed by atoms with Crippen LogP contribution in [0, 0.1) is 73.4 Å². The lowest BCUT2D eigenvalue weighted by atomic mass is 9.95. The molecule has 31 heavy (non-hydrogen) atoms. The number of hydrogen-bond acceptors (Lipinski definition) is 12. The van der Waals surface area contributed by atoms with Crippen LogP contribution in [0.5, 0.6) is 0 Å². The number of allylic oxidation sites excluding steroid dienone is 2. The maximum atomic E-state index is 9.35. The van der Waals surface area contributed by atoms with Crippen LogP contribution in [0.4, 0.5) is 0 Å². The zero-order valence-corrected chi connectivity index (χ0v) is 15.4. The Kier molecular flexibility index (Phi) is 4.93. The van der Waals surface area contributed by atoms with E-state index in [1.807, 2.05) is 0 Å². The Morgan fingerprint density at radius 3 is 1.52 bits per heavy atom. The Labute approximate surface area is 174 Å². The van der Waals surface area contributed by atoms with Gasteiger partial charge in [-0.3, -0.25) is 5.41 Å². The van der Waals surface area contributed by atoms with Crippen molar-refractivity contribution in [1.29, 1.82) is 37.0 Å². The van der Waals surface area contributed by atoms with E-state index < -0.39 is 5.71 Å². The Bertz CT molecular complexity index is 1510. The van der Waals surface area contributed by atoms with Gasteiger partial charge < -0.3 is 0 Å². The lowest BCUT2D eigenvalue weighted by Crippen LogP contribution is -2.28. The van der Waals surface area contributed by atoms with Crippen molar-refractivity contribution < 1.29 is 0 Å². The fourth-order valence-electron chi connectivity index (χ4n) is 2.55. The lowest BCUT2D eigenvalue weighted by Gasteiger charge is -2.19. The Morgan fingerprint density at radius 2 is 1.10 bits per heavy atom. The molecule has 0 saturated heterocycles. The summed E-state index contributed by atoms with van der Waals surface area (Å²) in [7, 11) is 0. The first-order valence-electron chi connectivity index (χ1n) is 8.08. The van der Waals surface area contributed by atoms with Gasteiger partial charge in [0.05, 0.1) is 11.6 Å². The Morgan fingerprint density at radius 1 is 0.677 bits per heavy atom. The number of aliphatic imine (C=N–C) groups is 1. The fourth-order valence-corrected chi connectivity index (χ4v) is 2.55. The second-order valence-corrected chi connectivity index (χ2v) is 5.72. The minimum Gasteiger partial charge on any atom is -0.296 e. The molecule has 1 aliphatic rings. The van der Waals surface area contributed by atoms with Crippen LogP contribution in [0.25, 0.3) is 11.4 Å². The molecule has 0 atom stereocenters. The van der Waals surface area contributed by atoms with Gasteiger partial charge in [0, 0.05) is 0 Å². The molecule has 12 heteroatoms. The number of nitrogens with one attached hydrogen (secondary N) is 1. The molecule has 0 spiro atoms. The summed E-state index contributed by atoms with van der Waals surface area (Å²) in [4.78, 5) is 20.2. The quantitative estimate of drug-likeness (QED) is 0.664. The molecule has 1 N–H and O–H groups in total. The van der Waals surface area contributed by atoms with Crippen LogP contribution >= 0.6 is 0 Å². The van der Waals surface area contributed by atoms with E-state index in [0.717, 1.165) is 0 Å². The van der Waals surface area contributed by atoms with E-state index in [4.69, 9.17) is 10.7 Å². The molecule has 140 valence electrons. The average molecular weight is 400 g/mol. The van der Waals surface area contributed by atoms with Gasteiger partial charge in [-0.2, -0.15) is 31.6 Å². The van der Waals surface area contributed by atoms with Crippen LogP contribution in [0.3, 0.4) is 0 Å². The number of hydrogen-bond donors (Lipinski definition) is 1. The molecule has 0 saturated carbocycles. The van der Waals surface area contributed by atoms with Gasteiger partial charge >= 0.3 is 0 Å². The highest BCUT2D eigenvalue weighted by Crippen LogP contribution is 2.31. The van der Waals surface area contributed by atoms with Gasteiger partial charge in [-0.25, -0.2) is 24.9 Å². The van der Waals surface area contributed by atoms with Crippen molar-refractivity contribution >= 4 is 11.4 Å². The maximum Gasteiger partial charge on any atom is 0.177 e. The standard InChI is InChI=1S/C19H4N12/c1-8(2-20)9(3-21)27-15-14(26)16-18(29-11(5-23)10(4-22)28-16)19-17(15)30-12(6-24)13(7-25)31-19/h26H,1H3/b9-8+,26-14?,27-15?. The van der Waals surface area contributed by atoms with Gasteiger partial charge in [0.2, 0.25) is 0 Å². The second kappa shape index (κ2) is 7.66. The van der Waals surface area contributed by atoms with Crippen LogP contribution in [0.15, 0.2) is 16.3 Å². The van der Waals surface area contributed by atoms with Gasteiger partial charge in [0.25, 0.3) is 0 Å². The summed E-state index contributed by atoms with van der Waals surface area (Å²) in [6.45, 7) is 1.35. The number of fused-ring (bicyclic) bond motifs is 3. The van der Waals surface area contributed by atoms with Crippen LogP contribution in [-0.2, 0) is 0 Å². The summed E-state index contributed by atoms with van der Waals surface area (Å²) in [6.07, 6.45) is 0. The van der Waals surface area contributed by atoms with Gasteiger partial charge in [-0.05, 0) is 6.92 Å². The van der Waals surface area contributed by atoms with Crippen molar-refractivity contribution in [1.82, 2.24) is 19.9 Å². The van der Waals surface area contributed by atoms with Crippen molar-refractivity contribution in [3.63, 3.8) is 0 Å². The number of rotatable bonds is 1. The first kappa shape index (κ1) is 19.9. The minimum atomic E-state index is -0.419. The summed E-state index contributed by atoms with van der Waals surface area (Å²) in [5, 5.41) is 64.0. The van der Waals surface area contributed by atoms with Gasteiger partial charge in [0.15, 0.2) is 28.5 Å². The molecule has 3 rings (SSSR count). The van der Waals surface area contributed by atoms with E-state index in [9.17, 15) is 26.3 Å². The Balaban J connectivity index is 2.52. The summed E-state index contributed by atoms with van der Waals surface area (Å²) < 4.78 is 0. The molecule has 2 heterocycles. The van der Waals surface area contributed by atoms with E-state index in [2.05, 4.69) is 24.9 Å². The van der Waals surface area contributed by atoms with Crippen molar-refractivity contribution in [3.8, 4) is 47.8 Å². The third-order valence-corrected chi connectivity index (χ3v) is 3.99. The third-order valence-electron chi connectivity index (χ3n) is 3.99. The topological polar surface area (TPSA) is 231 Å². The fraction of sp³-hybridized carbons (Fsp3) is 0.0526. The number of nitriles is 6. The van der Waals surface area contributed by atoms with Crippen LogP contribution < -0.4 is 0 Å². The van der Waals surface area contributed by atoms with E-state index in [1.165, 1.54) is 6.92 Å². The molecule has 2 aromatic heterocycles. The molecular weight excluding hydrogens is 396 g/mol. The van der Waals surface area contributed by atoms with E-state index in [1.54, 1.807) is 36.4 Å². The third kappa shape index (κ3) is 3.08. The normalized spacial score (nSPS) is 13.1. The molecule has 0 radical (unpaired) electrons. The van der Waals surface area contributed by atoms with Crippen molar-refractivity contribution in [2.75, 3.05) is 0 Å². The highest BCUT2D eigenvalue weighted by atomic mass is 15.0. The lowest BCUT2D eigenvalue weighted by molar-refractivity contribution is 1.05. The van der Waals surface area contributed by atoms with Crippen LogP contribution in [0.2, 0.25) is 0 Å². The van der Waals surface area contributed by atoms with Gasteiger partial charge in [-0.15, -0.1) is 0 Å².